The van der Waals surface area contributed by atoms with Gasteiger partial charge < -0.3 is 9.84 Å². The lowest BCUT2D eigenvalue weighted by Crippen LogP contribution is -1.96. The van der Waals surface area contributed by atoms with Crippen molar-refractivity contribution in [3.05, 3.63) is 35.9 Å². The number of hydrogen-bond donors (Lipinski definition) is 1. The Morgan fingerprint density at radius 1 is 1.53 bits per heavy atom. The first-order valence-electron chi connectivity index (χ1n) is 4.82. The first-order valence-corrected chi connectivity index (χ1v) is 4.82. The van der Waals surface area contributed by atoms with Gasteiger partial charge in [-0.05, 0) is 28.8 Å². The minimum absolute atomic E-state index is 0.0142. The normalized spacial score (nSPS) is 13.1. The lowest BCUT2D eigenvalue weighted by Gasteiger charge is -2.05. The zero-order valence-corrected chi connectivity index (χ0v) is 8.32. The predicted octanol–water partition coefficient (Wildman–Crippen LogP) is 2.11. The molecule has 0 saturated carbocycles. The van der Waals surface area contributed by atoms with E-state index in [1.54, 1.807) is 0 Å². The molecule has 0 unspecified atom stereocenters. The van der Waals surface area contributed by atoms with Crippen LogP contribution < -0.4 is 4.74 Å². The summed E-state index contributed by atoms with van der Waals surface area (Å²) in [6.07, 6.45) is 0.878. The Balaban J connectivity index is 2.23. The molecule has 3 nitrogen and oxygen atoms in total. The lowest BCUT2D eigenvalue weighted by molar-refractivity contribution is -0.135. The van der Waals surface area contributed by atoms with Gasteiger partial charge >= 0.3 is 5.97 Å². The summed E-state index contributed by atoms with van der Waals surface area (Å²) < 4.78 is 5.37. The SMILES string of the molecule is C=C(CC(=O)O)c1ccc2c(c1)CCO2. The van der Waals surface area contributed by atoms with E-state index < -0.39 is 5.97 Å². The molecule has 0 aromatic heterocycles. The summed E-state index contributed by atoms with van der Waals surface area (Å²) in [5.41, 5.74) is 2.66. The maximum absolute atomic E-state index is 10.5. The minimum atomic E-state index is -0.850. The molecule has 15 heavy (non-hydrogen) atoms. The van der Waals surface area contributed by atoms with Crippen LogP contribution in [0, 0.1) is 0 Å². The van der Waals surface area contributed by atoms with E-state index in [9.17, 15) is 4.79 Å². The molecule has 0 spiro atoms. The van der Waals surface area contributed by atoms with Crippen molar-refractivity contribution >= 4 is 11.5 Å². The molecule has 0 bridgehead atoms. The van der Waals surface area contributed by atoms with Crippen LogP contribution in [-0.4, -0.2) is 17.7 Å². The summed E-state index contributed by atoms with van der Waals surface area (Å²) in [5.74, 6) is 0.0543. The van der Waals surface area contributed by atoms with E-state index in [-0.39, 0.29) is 6.42 Å². The standard InChI is InChI=1S/C12H12O3/c1-8(6-12(13)14)9-2-3-11-10(7-9)4-5-15-11/h2-3,7H,1,4-6H2,(H,13,14). The van der Waals surface area contributed by atoms with Crippen molar-refractivity contribution in [2.75, 3.05) is 6.61 Å². The number of aliphatic carboxylic acids is 1. The second kappa shape index (κ2) is 3.77. The molecule has 1 heterocycles. The van der Waals surface area contributed by atoms with E-state index in [4.69, 9.17) is 9.84 Å². The van der Waals surface area contributed by atoms with Crippen LogP contribution in [0.4, 0.5) is 0 Å². The Labute approximate surface area is 88.0 Å². The first kappa shape index (κ1) is 9.77. The van der Waals surface area contributed by atoms with Crippen molar-refractivity contribution in [3.63, 3.8) is 0 Å². The van der Waals surface area contributed by atoms with Crippen LogP contribution in [-0.2, 0) is 11.2 Å². The Bertz CT molecular complexity index is 421. The lowest BCUT2D eigenvalue weighted by atomic mass is 10.0. The molecular formula is C12H12O3. The summed E-state index contributed by atoms with van der Waals surface area (Å²) >= 11 is 0. The second-order valence-electron chi connectivity index (χ2n) is 3.60. The fraction of sp³-hybridized carbons (Fsp3) is 0.250. The molecule has 1 aromatic rings. The Morgan fingerprint density at radius 3 is 3.07 bits per heavy atom. The fourth-order valence-corrected chi connectivity index (χ4v) is 1.69. The zero-order chi connectivity index (χ0) is 10.8. The number of carboxylic acid groups (broad SMARTS) is 1. The number of rotatable bonds is 3. The van der Waals surface area contributed by atoms with Crippen molar-refractivity contribution in [1.29, 1.82) is 0 Å². The number of hydrogen-bond acceptors (Lipinski definition) is 2. The topological polar surface area (TPSA) is 46.5 Å². The molecule has 0 radical (unpaired) electrons. The van der Waals surface area contributed by atoms with E-state index in [0.29, 0.717) is 12.2 Å². The van der Waals surface area contributed by atoms with Crippen molar-refractivity contribution in [2.24, 2.45) is 0 Å². The summed E-state index contributed by atoms with van der Waals surface area (Å²) in [5, 5.41) is 8.65. The average Bonchev–Trinajstić information content (AvgIpc) is 2.62. The Morgan fingerprint density at radius 2 is 2.33 bits per heavy atom. The number of carboxylic acids is 1. The third-order valence-corrected chi connectivity index (χ3v) is 2.46. The van der Waals surface area contributed by atoms with Gasteiger partial charge in [0.2, 0.25) is 0 Å². The maximum atomic E-state index is 10.5. The molecule has 0 saturated heterocycles. The van der Waals surface area contributed by atoms with Crippen molar-refractivity contribution < 1.29 is 14.6 Å². The molecule has 2 rings (SSSR count). The van der Waals surface area contributed by atoms with Gasteiger partial charge in [0.15, 0.2) is 0 Å². The average molecular weight is 204 g/mol. The van der Waals surface area contributed by atoms with Crippen molar-refractivity contribution in [1.82, 2.24) is 0 Å². The summed E-state index contributed by atoms with van der Waals surface area (Å²) in [6, 6.07) is 5.70. The van der Waals surface area contributed by atoms with Gasteiger partial charge in [0, 0.05) is 6.42 Å². The number of fused-ring (bicyclic) bond motifs is 1. The van der Waals surface area contributed by atoms with Gasteiger partial charge in [-0.25, -0.2) is 0 Å². The van der Waals surface area contributed by atoms with Crippen LogP contribution in [0.2, 0.25) is 0 Å². The van der Waals surface area contributed by atoms with Crippen LogP contribution in [0.25, 0.3) is 5.57 Å². The highest BCUT2D eigenvalue weighted by Gasteiger charge is 2.13. The van der Waals surface area contributed by atoms with E-state index >= 15 is 0 Å². The Kier molecular flexibility index (Phi) is 2.46. The van der Waals surface area contributed by atoms with Gasteiger partial charge in [-0.2, -0.15) is 0 Å². The number of carbonyl (C=O) groups is 1. The van der Waals surface area contributed by atoms with E-state index in [1.807, 2.05) is 18.2 Å². The van der Waals surface area contributed by atoms with E-state index in [1.165, 1.54) is 0 Å². The monoisotopic (exact) mass is 204 g/mol. The molecule has 0 amide bonds. The highest BCUT2D eigenvalue weighted by molar-refractivity contribution is 5.83. The molecule has 1 aromatic carbocycles. The summed E-state index contributed by atoms with van der Waals surface area (Å²) in [7, 11) is 0. The molecule has 78 valence electrons. The van der Waals surface area contributed by atoms with Crippen LogP contribution in [0.5, 0.6) is 5.75 Å². The fourth-order valence-electron chi connectivity index (χ4n) is 1.69. The van der Waals surface area contributed by atoms with Crippen LogP contribution in [0.1, 0.15) is 17.5 Å². The summed E-state index contributed by atoms with van der Waals surface area (Å²) in [4.78, 5) is 10.5. The molecule has 3 heteroatoms. The molecule has 0 atom stereocenters. The largest absolute Gasteiger partial charge is 0.493 e. The third kappa shape index (κ3) is 2.01. The molecule has 1 aliphatic rings. The van der Waals surface area contributed by atoms with Gasteiger partial charge in [-0.3, -0.25) is 4.79 Å². The maximum Gasteiger partial charge on any atom is 0.307 e. The van der Waals surface area contributed by atoms with Gasteiger partial charge in [-0.1, -0.05) is 12.6 Å². The van der Waals surface area contributed by atoms with E-state index in [0.717, 1.165) is 23.3 Å². The van der Waals surface area contributed by atoms with Crippen molar-refractivity contribution in [2.45, 2.75) is 12.8 Å². The van der Waals surface area contributed by atoms with Gasteiger partial charge in [-0.15, -0.1) is 0 Å². The predicted molar refractivity (Wildman–Crippen MR) is 56.9 cm³/mol. The van der Waals surface area contributed by atoms with Gasteiger partial charge in [0.25, 0.3) is 0 Å². The zero-order valence-electron chi connectivity index (χ0n) is 8.32. The van der Waals surface area contributed by atoms with Crippen molar-refractivity contribution in [3.8, 4) is 5.75 Å². The molecule has 1 aliphatic heterocycles. The second-order valence-corrected chi connectivity index (χ2v) is 3.60. The smallest absolute Gasteiger partial charge is 0.307 e. The first-order chi connectivity index (χ1) is 7.16. The van der Waals surface area contributed by atoms with E-state index in [2.05, 4.69) is 6.58 Å². The molecule has 1 N–H and O–H groups in total. The van der Waals surface area contributed by atoms with Gasteiger partial charge in [0.05, 0.1) is 13.0 Å². The van der Waals surface area contributed by atoms with Gasteiger partial charge in [0.1, 0.15) is 5.75 Å². The number of ether oxygens (including phenoxy) is 1. The quantitative estimate of drug-likeness (QED) is 0.820. The Hall–Kier alpha value is -1.77. The minimum Gasteiger partial charge on any atom is -0.493 e. The molecule has 0 aliphatic carbocycles. The highest BCUT2D eigenvalue weighted by atomic mass is 16.5. The van der Waals surface area contributed by atoms with Crippen LogP contribution in [0.3, 0.4) is 0 Å². The third-order valence-electron chi connectivity index (χ3n) is 2.46. The summed E-state index contributed by atoms with van der Waals surface area (Å²) in [6.45, 7) is 4.48. The van der Waals surface area contributed by atoms with Crippen LogP contribution >= 0.6 is 0 Å². The molecular weight excluding hydrogens is 192 g/mol. The molecule has 0 fully saturated rings. The number of benzene rings is 1. The van der Waals surface area contributed by atoms with Crippen LogP contribution in [0.15, 0.2) is 24.8 Å². The highest BCUT2D eigenvalue weighted by Crippen LogP contribution is 2.28.